The van der Waals surface area contributed by atoms with Gasteiger partial charge < -0.3 is 25.4 Å². The van der Waals surface area contributed by atoms with E-state index in [1.54, 1.807) is 14.2 Å². The van der Waals surface area contributed by atoms with Crippen LogP contribution in [-0.4, -0.2) is 72.1 Å². The van der Waals surface area contributed by atoms with E-state index in [1.807, 2.05) is 36.4 Å². The van der Waals surface area contributed by atoms with E-state index in [-0.39, 0.29) is 35.5 Å². The van der Waals surface area contributed by atoms with E-state index in [9.17, 15) is 9.59 Å². The van der Waals surface area contributed by atoms with Gasteiger partial charge in [-0.05, 0) is 61.8 Å². The summed E-state index contributed by atoms with van der Waals surface area (Å²) in [6.07, 6.45) is 6.66. The molecule has 2 aromatic carbocycles. The number of nitrogens with zero attached hydrogens (tertiary/aromatic N) is 3. The number of halogens is 2. The number of carbonyl (C=O) groups is 2. The molecule has 2 aliphatic carbocycles. The number of benzene rings is 2. The molecule has 274 valence electrons. The predicted octanol–water partition coefficient (Wildman–Crippen LogP) is 6.61. The zero-order valence-electron chi connectivity index (χ0n) is 29.9. The van der Waals surface area contributed by atoms with Crippen LogP contribution in [0, 0.1) is 0 Å². The van der Waals surface area contributed by atoms with Crippen LogP contribution in [0.25, 0.3) is 33.6 Å². The Kier molecular flexibility index (Phi) is 8.84. The summed E-state index contributed by atoms with van der Waals surface area (Å²) < 4.78 is 11.8. The molecule has 3 fully saturated rings. The van der Waals surface area contributed by atoms with Gasteiger partial charge in [0.25, 0.3) is 0 Å². The number of nitrogens with one attached hydrogen (secondary N) is 3. The number of ether oxygens (including phenoxy) is 2. The van der Waals surface area contributed by atoms with Crippen LogP contribution in [0.3, 0.4) is 0 Å². The fraction of sp³-hybridized carbons (Fsp3) is 0.415. The highest BCUT2D eigenvalue weighted by Crippen LogP contribution is 2.48. The smallest absolute Gasteiger partial charge is 0.220 e. The highest BCUT2D eigenvalue weighted by Gasteiger charge is 2.51. The molecule has 0 radical (unpaired) electrons. The van der Waals surface area contributed by atoms with E-state index in [1.165, 1.54) is 11.1 Å². The number of carbonyl (C=O) groups excluding carboxylic acids is 2. The predicted molar refractivity (Wildman–Crippen MR) is 204 cm³/mol. The molecule has 1 spiro atoms. The maximum Gasteiger partial charge on any atom is 0.220 e. The number of amides is 2. The van der Waals surface area contributed by atoms with Gasteiger partial charge in [-0.1, -0.05) is 59.6 Å². The standard InChI is InChI=1S/C41H42Cl2N6O4/c1-52-39-35-22(9-12-29(35)44-19-24-11-14-33(50)45-24)17-30(46-39)27-7-3-5-25(37(27)42)26-6-4-8-28(38(26)43)31-18-23-10-13-32(36(23)40(47-31)53-2)49-20-41(21-49)16-15-34(51)48-41/h3-8,17-18,24,29,32,44H,9-16,19-21H2,1-2H3,(H,45,50)(H,48,51)/t24-,29-,32-/m0/s1. The van der Waals surface area contributed by atoms with E-state index in [2.05, 4.69) is 33.0 Å². The summed E-state index contributed by atoms with van der Waals surface area (Å²) in [7, 11) is 3.33. The molecular formula is C41H42Cl2N6O4. The van der Waals surface area contributed by atoms with Crippen molar-refractivity contribution in [1.82, 2.24) is 30.8 Å². The van der Waals surface area contributed by atoms with Crippen molar-refractivity contribution < 1.29 is 19.1 Å². The summed E-state index contributed by atoms with van der Waals surface area (Å²) in [5, 5.41) is 11.0. The topological polar surface area (TPSA) is 118 Å². The minimum Gasteiger partial charge on any atom is -0.481 e. The first-order valence-electron chi connectivity index (χ1n) is 18.6. The summed E-state index contributed by atoms with van der Waals surface area (Å²) >= 11 is 14.5. The molecule has 9 rings (SSSR count). The SMILES string of the molecule is COc1nc(-c2cccc(-c3cccc(-c4cc5c(c(OC)n4)[C@@H](N4CC6(CCC(=O)N6)C4)CC5)c3Cl)c2Cl)cc2c1[C@@H](NC[C@@H]1CCC(=O)N1)CC2. The van der Waals surface area contributed by atoms with E-state index < -0.39 is 0 Å². The van der Waals surface area contributed by atoms with E-state index in [0.717, 1.165) is 96.4 Å². The third-order valence-electron chi connectivity index (χ3n) is 11.9. The van der Waals surface area contributed by atoms with Crippen molar-refractivity contribution in [2.45, 2.75) is 75.0 Å². The highest BCUT2D eigenvalue weighted by atomic mass is 35.5. The van der Waals surface area contributed by atoms with E-state index >= 15 is 0 Å². The third kappa shape index (κ3) is 6.04. The fourth-order valence-corrected chi connectivity index (χ4v) is 9.95. The molecule has 0 bridgehead atoms. The van der Waals surface area contributed by atoms with Gasteiger partial charge in [-0.2, -0.15) is 0 Å². The lowest BCUT2D eigenvalue weighted by Crippen LogP contribution is -2.67. The second-order valence-corrected chi connectivity index (χ2v) is 15.9. The molecule has 0 saturated carbocycles. The Bertz CT molecular complexity index is 2150. The minimum absolute atomic E-state index is 0.0765. The van der Waals surface area contributed by atoms with Gasteiger partial charge in [-0.15, -0.1) is 0 Å². The molecule has 10 nitrogen and oxygen atoms in total. The second kappa shape index (κ2) is 13.6. The van der Waals surface area contributed by atoms with Gasteiger partial charge in [0.2, 0.25) is 23.6 Å². The molecule has 2 amide bonds. The monoisotopic (exact) mass is 752 g/mol. The van der Waals surface area contributed by atoms with Crippen LogP contribution in [0.5, 0.6) is 11.8 Å². The largest absolute Gasteiger partial charge is 0.481 e. The van der Waals surface area contributed by atoms with Crippen molar-refractivity contribution in [2.75, 3.05) is 33.9 Å². The van der Waals surface area contributed by atoms with Crippen molar-refractivity contribution in [3.63, 3.8) is 0 Å². The van der Waals surface area contributed by atoms with Crippen LogP contribution in [0.1, 0.15) is 72.9 Å². The molecule has 4 aromatic rings. The average Bonchev–Trinajstić information content (AvgIpc) is 3.95. The molecule has 3 atom stereocenters. The van der Waals surface area contributed by atoms with Crippen molar-refractivity contribution in [2.24, 2.45) is 0 Å². The summed E-state index contributed by atoms with van der Waals surface area (Å²) in [4.78, 5) is 36.1. The number of likely N-dealkylation sites (tertiary alicyclic amines) is 1. The Hall–Kier alpha value is -4.22. The van der Waals surface area contributed by atoms with Crippen LogP contribution in [-0.2, 0) is 22.4 Å². The van der Waals surface area contributed by atoms with Crippen LogP contribution in [0.4, 0.5) is 0 Å². The summed E-state index contributed by atoms with van der Waals surface area (Å²) in [6, 6.07) is 16.6. The molecule has 3 aliphatic heterocycles. The quantitative estimate of drug-likeness (QED) is 0.175. The van der Waals surface area contributed by atoms with Crippen molar-refractivity contribution >= 4 is 35.0 Å². The molecule has 53 heavy (non-hydrogen) atoms. The first kappa shape index (κ1) is 34.5. The zero-order valence-corrected chi connectivity index (χ0v) is 31.4. The molecule has 2 aromatic heterocycles. The minimum atomic E-state index is -0.0765. The average molecular weight is 754 g/mol. The van der Waals surface area contributed by atoms with Gasteiger partial charge >= 0.3 is 0 Å². The molecule has 0 unspecified atom stereocenters. The fourth-order valence-electron chi connectivity index (χ4n) is 9.30. The maximum absolute atomic E-state index is 11.9. The number of aryl methyl sites for hydroxylation is 2. The molecule has 5 aliphatic rings. The molecule has 5 heterocycles. The third-order valence-corrected chi connectivity index (χ3v) is 12.7. The Balaban J connectivity index is 0.995. The lowest BCUT2D eigenvalue weighted by molar-refractivity contribution is -0.121. The van der Waals surface area contributed by atoms with Crippen molar-refractivity contribution in [3.8, 4) is 45.4 Å². The summed E-state index contributed by atoms with van der Waals surface area (Å²) in [5.74, 6) is 1.48. The second-order valence-electron chi connectivity index (χ2n) is 15.1. The number of fused-ring (bicyclic) bond motifs is 2. The Morgan fingerprint density at radius 3 is 1.98 bits per heavy atom. The Morgan fingerprint density at radius 2 is 1.40 bits per heavy atom. The first-order valence-corrected chi connectivity index (χ1v) is 19.3. The number of methoxy groups -OCH3 is 2. The Labute approximate surface area is 319 Å². The number of pyridine rings is 2. The van der Waals surface area contributed by atoms with Gasteiger partial charge in [-0.25, -0.2) is 9.97 Å². The van der Waals surface area contributed by atoms with Gasteiger partial charge in [0.15, 0.2) is 0 Å². The lowest BCUT2D eigenvalue weighted by Gasteiger charge is -2.50. The zero-order chi connectivity index (χ0) is 36.4. The van der Waals surface area contributed by atoms with Gasteiger partial charge in [0.05, 0.1) is 41.2 Å². The number of rotatable bonds is 9. The number of aromatic nitrogens is 2. The van der Waals surface area contributed by atoms with E-state index in [4.69, 9.17) is 42.6 Å². The van der Waals surface area contributed by atoms with Crippen LogP contribution < -0.4 is 25.4 Å². The highest BCUT2D eigenvalue weighted by molar-refractivity contribution is 6.39. The molecule has 3 N–H and O–H groups in total. The number of hydrogen-bond acceptors (Lipinski definition) is 8. The van der Waals surface area contributed by atoms with Gasteiger partial charge in [-0.3, -0.25) is 14.5 Å². The molecular weight excluding hydrogens is 711 g/mol. The number of hydrogen-bond donors (Lipinski definition) is 3. The van der Waals surface area contributed by atoms with Gasteiger partial charge in [0.1, 0.15) is 0 Å². The van der Waals surface area contributed by atoms with Crippen molar-refractivity contribution in [1.29, 1.82) is 0 Å². The van der Waals surface area contributed by atoms with E-state index in [0.29, 0.717) is 41.2 Å². The molecule has 12 heteroatoms. The first-order chi connectivity index (χ1) is 25.7. The summed E-state index contributed by atoms with van der Waals surface area (Å²) in [6.45, 7) is 2.43. The van der Waals surface area contributed by atoms with Crippen LogP contribution in [0.2, 0.25) is 10.0 Å². The van der Waals surface area contributed by atoms with Crippen LogP contribution >= 0.6 is 23.2 Å². The Morgan fingerprint density at radius 1 is 0.792 bits per heavy atom. The van der Waals surface area contributed by atoms with Crippen molar-refractivity contribution in [3.05, 3.63) is 80.8 Å². The normalized spacial score (nSPS) is 22.8. The molecule has 3 saturated heterocycles. The summed E-state index contributed by atoms with van der Waals surface area (Å²) in [5.41, 5.74) is 9.23. The maximum atomic E-state index is 11.9. The van der Waals surface area contributed by atoms with Crippen LogP contribution in [0.15, 0.2) is 48.5 Å². The van der Waals surface area contributed by atoms with Gasteiger partial charge in [0, 0.05) is 84.0 Å². The lowest BCUT2D eigenvalue weighted by atomic mass is 9.86.